The van der Waals surface area contributed by atoms with Crippen molar-refractivity contribution in [3.8, 4) is 5.69 Å². The number of nitrogens with one attached hydrogen (secondary N) is 2. The molecule has 1 saturated carbocycles. The molecule has 2 N–H and O–H groups in total. The molecule has 0 radical (unpaired) electrons. The van der Waals surface area contributed by atoms with Gasteiger partial charge in [0.2, 0.25) is 0 Å². The van der Waals surface area contributed by atoms with Gasteiger partial charge >= 0.3 is 0 Å². The van der Waals surface area contributed by atoms with Crippen molar-refractivity contribution in [1.29, 1.82) is 0 Å². The number of rotatable bonds is 4. The van der Waals surface area contributed by atoms with E-state index in [1.165, 1.54) is 12.0 Å². The third-order valence-electron chi connectivity index (χ3n) is 4.33. The highest BCUT2D eigenvalue weighted by Gasteiger charge is 2.33. The molecule has 1 aliphatic rings. The van der Waals surface area contributed by atoms with Crippen LogP contribution in [0.15, 0.2) is 35.3 Å². The first-order chi connectivity index (χ1) is 11.1. The number of hydrogen-bond donors (Lipinski definition) is 2. The van der Waals surface area contributed by atoms with Gasteiger partial charge in [-0.1, -0.05) is 25.1 Å². The van der Waals surface area contributed by atoms with Crippen LogP contribution in [0.2, 0.25) is 0 Å². The molecule has 0 aliphatic heterocycles. The summed E-state index contributed by atoms with van der Waals surface area (Å²) < 4.78 is 2.01. The fraction of sp³-hybridized carbons (Fsp3) is 0.444. The minimum Gasteiger partial charge on any atom is -0.353 e. The molecule has 0 spiro atoms. The predicted octanol–water partition coefficient (Wildman–Crippen LogP) is 2.56. The SMILES string of the molecule is CN=C(NCc1ccccc1-n1nc(C)cc1C)NC1CC1C. The van der Waals surface area contributed by atoms with Gasteiger partial charge in [0.1, 0.15) is 0 Å². The number of aliphatic imine (C=N–C) groups is 1. The summed E-state index contributed by atoms with van der Waals surface area (Å²) in [5, 5.41) is 11.5. The Hall–Kier alpha value is -2.30. The molecule has 122 valence electrons. The molecule has 23 heavy (non-hydrogen) atoms. The summed E-state index contributed by atoms with van der Waals surface area (Å²) in [6.07, 6.45) is 1.23. The van der Waals surface area contributed by atoms with Crippen LogP contribution in [0.5, 0.6) is 0 Å². The van der Waals surface area contributed by atoms with Crippen LogP contribution in [0.4, 0.5) is 0 Å². The van der Waals surface area contributed by atoms with Gasteiger partial charge < -0.3 is 10.6 Å². The first-order valence-corrected chi connectivity index (χ1v) is 8.17. The van der Waals surface area contributed by atoms with Crippen LogP contribution in [-0.2, 0) is 6.54 Å². The molecule has 1 aromatic heterocycles. The van der Waals surface area contributed by atoms with Crippen molar-refractivity contribution in [3.63, 3.8) is 0 Å². The Morgan fingerprint density at radius 3 is 2.70 bits per heavy atom. The largest absolute Gasteiger partial charge is 0.353 e. The van der Waals surface area contributed by atoms with Gasteiger partial charge in [-0.25, -0.2) is 4.68 Å². The van der Waals surface area contributed by atoms with E-state index in [9.17, 15) is 0 Å². The van der Waals surface area contributed by atoms with Crippen LogP contribution in [-0.4, -0.2) is 28.8 Å². The maximum Gasteiger partial charge on any atom is 0.191 e. The fourth-order valence-electron chi connectivity index (χ4n) is 2.81. The van der Waals surface area contributed by atoms with Gasteiger partial charge in [-0.2, -0.15) is 5.10 Å². The quantitative estimate of drug-likeness (QED) is 0.674. The molecule has 1 fully saturated rings. The molecule has 5 nitrogen and oxygen atoms in total. The monoisotopic (exact) mass is 311 g/mol. The number of benzene rings is 1. The Kier molecular flexibility index (Phi) is 4.37. The summed E-state index contributed by atoms with van der Waals surface area (Å²) in [5.41, 5.74) is 4.49. The van der Waals surface area contributed by atoms with E-state index in [4.69, 9.17) is 0 Å². The van der Waals surface area contributed by atoms with Crippen molar-refractivity contribution in [3.05, 3.63) is 47.3 Å². The second-order valence-corrected chi connectivity index (χ2v) is 6.36. The lowest BCUT2D eigenvalue weighted by atomic mass is 10.1. The average molecular weight is 311 g/mol. The zero-order valence-electron chi connectivity index (χ0n) is 14.3. The average Bonchev–Trinajstić information content (AvgIpc) is 3.13. The van der Waals surface area contributed by atoms with Crippen LogP contribution in [0.1, 0.15) is 30.3 Å². The van der Waals surface area contributed by atoms with E-state index in [1.807, 2.05) is 24.7 Å². The summed E-state index contributed by atoms with van der Waals surface area (Å²) in [4.78, 5) is 4.31. The molecular weight excluding hydrogens is 286 g/mol. The second-order valence-electron chi connectivity index (χ2n) is 6.36. The van der Waals surface area contributed by atoms with E-state index in [0.29, 0.717) is 6.04 Å². The summed E-state index contributed by atoms with van der Waals surface area (Å²) >= 11 is 0. The number of para-hydroxylation sites is 1. The third kappa shape index (κ3) is 3.55. The van der Waals surface area contributed by atoms with Gasteiger partial charge in [0.15, 0.2) is 5.96 Å². The zero-order chi connectivity index (χ0) is 16.4. The lowest BCUT2D eigenvalue weighted by Crippen LogP contribution is -2.38. The van der Waals surface area contributed by atoms with Gasteiger partial charge in [-0.15, -0.1) is 0 Å². The normalized spacial score (nSPS) is 20.4. The number of aryl methyl sites for hydroxylation is 2. The number of aromatic nitrogens is 2. The summed E-state index contributed by atoms with van der Waals surface area (Å²) in [7, 11) is 1.81. The van der Waals surface area contributed by atoms with E-state index in [-0.39, 0.29) is 0 Å². The minimum atomic E-state index is 0.562. The van der Waals surface area contributed by atoms with Crippen LogP contribution in [0, 0.1) is 19.8 Å². The number of hydrogen-bond acceptors (Lipinski definition) is 2. The van der Waals surface area contributed by atoms with E-state index in [1.54, 1.807) is 0 Å². The van der Waals surface area contributed by atoms with E-state index in [0.717, 1.165) is 35.5 Å². The van der Waals surface area contributed by atoms with Gasteiger partial charge in [0.05, 0.1) is 11.4 Å². The molecule has 2 unspecified atom stereocenters. The Labute approximate surface area is 137 Å². The van der Waals surface area contributed by atoms with Gasteiger partial charge in [0.25, 0.3) is 0 Å². The molecule has 0 saturated heterocycles. The molecule has 5 heteroatoms. The highest BCUT2D eigenvalue weighted by molar-refractivity contribution is 5.80. The highest BCUT2D eigenvalue weighted by atomic mass is 15.3. The highest BCUT2D eigenvalue weighted by Crippen LogP contribution is 2.28. The smallest absolute Gasteiger partial charge is 0.191 e. The van der Waals surface area contributed by atoms with Crippen LogP contribution >= 0.6 is 0 Å². The van der Waals surface area contributed by atoms with E-state index >= 15 is 0 Å². The van der Waals surface area contributed by atoms with Crippen molar-refractivity contribution in [1.82, 2.24) is 20.4 Å². The summed E-state index contributed by atoms with van der Waals surface area (Å²) in [6.45, 7) is 7.07. The molecule has 1 aromatic carbocycles. The Bertz CT molecular complexity index is 716. The standard InChI is InChI=1S/C18H25N5/c1-12-9-16(12)21-18(19-4)20-11-15-7-5-6-8-17(15)23-14(3)10-13(2)22-23/h5-8,10,12,16H,9,11H2,1-4H3,(H2,19,20,21). The molecular formula is C18H25N5. The molecule has 0 bridgehead atoms. The predicted molar refractivity (Wildman–Crippen MR) is 93.9 cm³/mol. The number of guanidine groups is 1. The second kappa shape index (κ2) is 6.44. The van der Waals surface area contributed by atoms with Gasteiger partial charge in [0, 0.05) is 25.3 Å². The lowest BCUT2D eigenvalue weighted by Gasteiger charge is -2.15. The van der Waals surface area contributed by atoms with Crippen molar-refractivity contribution in [2.24, 2.45) is 10.9 Å². The van der Waals surface area contributed by atoms with Crippen molar-refractivity contribution < 1.29 is 0 Å². The summed E-state index contributed by atoms with van der Waals surface area (Å²) in [6, 6.07) is 11.0. The maximum absolute atomic E-state index is 4.60. The van der Waals surface area contributed by atoms with Gasteiger partial charge in [-0.3, -0.25) is 4.99 Å². The van der Waals surface area contributed by atoms with Crippen LogP contribution < -0.4 is 10.6 Å². The minimum absolute atomic E-state index is 0.562. The topological polar surface area (TPSA) is 54.2 Å². The van der Waals surface area contributed by atoms with Crippen LogP contribution in [0.3, 0.4) is 0 Å². The molecule has 2 aromatic rings. The molecule has 3 rings (SSSR count). The maximum atomic E-state index is 4.60. The Balaban J connectivity index is 1.74. The third-order valence-corrected chi connectivity index (χ3v) is 4.33. The first-order valence-electron chi connectivity index (χ1n) is 8.17. The van der Waals surface area contributed by atoms with Crippen molar-refractivity contribution >= 4 is 5.96 Å². The molecule has 0 amide bonds. The summed E-state index contributed by atoms with van der Waals surface area (Å²) in [5.74, 6) is 1.61. The van der Waals surface area contributed by atoms with Crippen LogP contribution in [0.25, 0.3) is 5.69 Å². The Morgan fingerprint density at radius 2 is 2.09 bits per heavy atom. The first kappa shape index (κ1) is 15.6. The van der Waals surface area contributed by atoms with Gasteiger partial charge in [-0.05, 0) is 43.9 Å². The van der Waals surface area contributed by atoms with Crippen molar-refractivity contribution in [2.75, 3.05) is 7.05 Å². The van der Waals surface area contributed by atoms with Crippen molar-refractivity contribution in [2.45, 2.75) is 39.8 Å². The fourth-order valence-corrected chi connectivity index (χ4v) is 2.81. The Morgan fingerprint density at radius 1 is 1.35 bits per heavy atom. The molecule has 1 aliphatic carbocycles. The lowest BCUT2D eigenvalue weighted by molar-refractivity contribution is 0.755. The van der Waals surface area contributed by atoms with E-state index < -0.39 is 0 Å². The molecule has 1 heterocycles. The molecule has 2 atom stereocenters. The van der Waals surface area contributed by atoms with E-state index in [2.05, 4.69) is 58.8 Å². The number of nitrogens with zero attached hydrogens (tertiary/aromatic N) is 3. The zero-order valence-corrected chi connectivity index (χ0v) is 14.3.